The number of aliphatic imine (C=N–C) groups is 1. The van der Waals surface area contributed by atoms with Crippen molar-refractivity contribution in [2.45, 2.75) is 33.1 Å². The number of hydrogen-bond donors (Lipinski definition) is 2. The Kier molecular flexibility index (Phi) is 9.92. The monoisotopic (exact) mass is 335 g/mol. The molecule has 0 saturated heterocycles. The fraction of sp³-hybridized carbons (Fsp3) is 0.632. The molecule has 0 aliphatic rings. The molecule has 0 amide bonds. The Bertz CT molecular complexity index is 489. The van der Waals surface area contributed by atoms with Crippen molar-refractivity contribution >= 4 is 5.96 Å². The van der Waals surface area contributed by atoms with E-state index < -0.39 is 0 Å². The standard InChI is InChI=1S/C19H33N3O2/c1-15(2)10-12-24-13-11-21-19(20-4)22-14-16(3)17-8-6-7-9-18(17)23-5/h6-9,15-16H,10-14H2,1-5H3,(H2,20,21,22). The zero-order chi connectivity index (χ0) is 17.8. The molecule has 0 bridgehead atoms. The van der Waals surface area contributed by atoms with Crippen LogP contribution in [0.5, 0.6) is 5.75 Å². The van der Waals surface area contributed by atoms with Gasteiger partial charge < -0.3 is 20.1 Å². The van der Waals surface area contributed by atoms with E-state index in [1.54, 1.807) is 14.2 Å². The van der Waals surface area contributed by atoms with Crippen molar-refractivity contribution in [2.75, 3.05) is 40.5 Å². The average Bonchev–Trinajstić information content (AvgIpc) is 2.59. The topological polar surface area (TPSA) is 54.9 Å². The van der Waals surface area contributed by atoms with Crippen molar-refractivity contribution in [1.29, 1.82) is 0 Å². The molecule has 5 heteroatoms. The van der Waals surface area contributed by atoms with Crippen LogP contribution in [0, 0.1) is 5.92 Å². The highest BCUT2D eigenvalue weighted by molar-refractivity contribution is 5.79. The number of benzene rings is 1. The van der Waals surface area contributed by atoms with Gasteiger partial charge in [0, 0.05) is 32.7 Å². The third-order valence-corrected chi connectivity index (χ3v) is 3.85. The first-order valence-electron chi connectivity index (χ1n) is 8.73. The van der Waals surface area contributed by atoms with Gasteiger partial charge in [-0.3, -0.25) is 4.99 Å². The number of ether oxygens (including phenoxy) is 2. The summed E-state index contributed by atoms with van der Waals surface area (Å²) in [5.74, 6) is 2.73. The minimum absolute atomic E-state index is 0.321. The first-order chi connectivity index (χ1) is 11.6. The maximum absolute atomic E-state index is 5.60. The molecule has 0 heterocycles. The summed E-state index contributed by atoms with van der Waals surface area (Å²) >= 11 is 0. The summed E-state index contributed by atoms with van der Waals surface area (Å²) in [4.78, 5) is 4.25. The fourth-order valence-electron chi connectivity index (χ4n) is 2.32. The van der Waals surface area contributed by atoms with Gasteiger partial charge in [-0.25, -0.2) is 0 Å². The van der Waals surface area contributed by atoms with Crippen molar-refractivity contribution in [2.24, 2.45) is 10.9 Å². The van der Waals surface area contributed by atoms with E-state index in [9.17, 15) is 0 Å². The lowest BCUT2D eigenvalue weighted by molar-refractivity contribution is 0.128. The summed E-state index contributed by atoms with van der Waals surface area (Å²) in [6, 6.07) is 8.12. The number of guanidine groups is 1. The second-order valence-corrected chi connectivity index (χ2v) is 6.32. The van der Waals surface area contributed by atoms with Crippen LogP contribution in [0.25, 0.3) is 0 Å². The molecule has 0 fully saturated rings. The molecule has 1 atom stereocenters. The molecule has 1 aromatic carbocycles. The lowest BCUT2D eigenvalue weighted by atomic mass is 10.0. The maximum atomic E-state index is 5.60. The molecule has 136 valence electrons. The third-order valence-electron chi connectivity index (χ3n) is 3.85. The van der Waals surface area contributed by atoms with Gasteiger partial charge in [0.05, 0.1) is 13.7 Å². The summed E-state index contributed by atoms with van der Waals surface area (Å²) in [5, 5.41) is 6.63. The van der Waals surface area contributed by atoms with Gasteiger partial charge in [0.15, 0.2) is 5.96 Å². The van der Waals surface area contributed by atoms with Gasteiger partial charge in [0.2, 0.25) is 0 Å². The molecule has 2 N–H and O–H groups in total. The zero-order valence-corrected chi connectivity index (χ0v) is 15.8. The highest BCUT2D eigenvalue weighted by Gasteiger charge is 2.11. The number of para-hydroxylation sites is 1. The summed E-state index contributed by atoms with van der Waals surface area (Å²) in [6.45, 7) is 9.63. The van der Waals surface area contributed by atoms with Gasteiger partial charge in [0.1, 0.15) is 5.75 Å². The first-order valence-corrected chi connectivity index (χ1v) is 8.73. The lowest BCUT2D eigenvalue weighted by Crippen LogP contribution is -2.40. The quantitative estimate of drug-likeness (QED) is 0.392. The zero-order valence-electron chi connectivity index (χ0n) is 15.8. The van der Waals surface area contributed by atoms with Crippen molar-refractivity contribution in [1.82, 2.24) is 10.6 Å². The van der Waals surface area contributed by atoms with Gasteiger partial charge in [-0.15, -0.1) is 0 Å². The molecule has 5 nitrogen and oxygen atoms in total. The van der Waals surface area contributed by atoms with Gasteiger partial charge in [0.25, 0.3) is 0 Å². The molecule has 1 unspecified atom stereocenters. The van der Waals surface area contributed by atoms with E-state index in [-0.39, 0.29) is 0 Å². The highest BCUT2D eigenvalue weighted by Crippen LogP contribution is 2.25. The molecule has 0 spiro atoms. The lowest BCUT2D eigenvalue weighted by Gasteiger charge is -2.18. The van der Waals surface area contributed by atoms with E-state index >= 15 is 0 Å². The molecular formula is C19H33N3O2. The van der Waals surface area contributed by atoms with E-state index in [1.165, 1.54) is 5.56 Å². The van der Waals surface area contributed by atoms with E-state index in [0.717, 1.165) is 37.8 Å². The van der Waals surface area contributed by atoms with Crippen LogP contribution >= 0.6 is 0 Å². The molecule has 0 aliphatic carbocycles. The van der Waals surface area contributed by atoms with Crippen molar-refractivity contribution in [3.63, 3.8) is 0 Å². The van der Waals surface area contributed by atoms with Gasteiger partial charge in [-0.2, -0.15) is 0 Å². The van der Waals surface area contributed by atoms with E-state index in [1.807, 2.05) is 18.2 Å². The summed E-state index contributed by atoms with van der Waals surface area (Å²) in [6.07, 6.45) is 1.10. The Morgan fingerprint density at radius 1 is 1.12 bits per heavy atom. The number of nitrogens with one attached hydrogen (secondary N) is 2. The van der Waals surface area contributed by atoms with Gasteiger partial charge >= 0.3 is 0 Å². The molecular weight excluding hydrogens is 302 g/mol. The number of nitrogens with zero attached hydrogens (tertiary/aromatic N) is 1. The normalized spacial score (nSPS) is 13.0. The van der Waals surface area contributed by atoms with Gasteiger partial charge in [-0.1, -0.05) is 39.0 Å². The predicted octanol–water partition coefficient (Wildman–Crippen LogP) is 3.03. The van der Waals surface area contributed by atoms with Crippen molar-refractivity contribution < 1.29 is 9.47 Å². The van der Waals surface area contributed by atoms with E-state index in [2.05, 4.69) is 42.5 Å². The Morgan fingerprint density at radius 3 is 2.54 bits per heavy atom. The molecule has 0 aromatic heterocycles. The molecule has 0 radical (unpaired) electrons. The Labute approximate surface area is 146 Å². The van der Waals surface area contributed by atoms with Crippen LogP contribution in [0.2, 0.25) is 0 Å². The third kappa shape index (κ3) is 7.68. The second kappa shape index (κ2) is 11.7. The molecule has 0 aliphatic heterocycles. The van der Waals surface area contributed by atoms with Gasteiger partial charge in [-0.05, 0) is 24.0 Å². The first kappa shape index (κ1) is 20.3. The number of methoxy groups -OCH3 is 1. The molecule has 0 saturated carbocycles. The summed E-state index contributed by atoms with van der Waals surface area (Å²) in [5.41, 5.74) is 1.19. The van der Waals surface area contributed by atoms with Crippen LogP contribution in [0.3, 0.4) is 0 Å². The molecule has 1 rings (SSSR count). The number of rotatable bonds is 10. The van der Waals surface area contributed by atoms with E-state index in [0.29, 0.717) is 18.4 Å². The minimum atomic E-state index is 0.321. The smallest absolute Gasteiger partial charge is 0.191 e. The van der Waals surface area contributed by atoms with Crippen molar-refractivity contribution in [3.8, 4) is 5.75 Å². The predicted molar refractivity (Wildman–Crippen MR) is 101 cm³/mol. The average molecular weight is 335 g/mol. The SMILES string of the molecule is CN=C(NCCOCCC(C)C)NCC(C)c1ccccc1OC. The van der Waals surface area contributed by atoms with Crippen molar-refractivity contribution in [3.05, 3.63) is 29.8 Å². The maximum Gasteiger partial charge on any atom is 0.191 e. The minimum Gasteiger partial charge on any atom is -0.496 e. The van der Waals surface area contributed by atoms with E-state index in [4.69, 9.17) is 9.47 Å². The van der Waals surface area contributed by atoms with Crippen LogP contribution in [-0.2, 0) is 4.74 Å². The Morgan fingerprint density at radius 2 is 1.88 bits per heavy atom. The van der Waals surface area contributed by atoms with Crippen LogP contribution in [-0.4, -0.2) is 46.4 Å². The second-order valence-electron chi connectivity index (χ2n) is 6.32. The highest BCUT2D eigenvalue weighted by atomic mass is 16.5. The van der Waals surface area contributed by atoms with Crippen LogP contribution < -0.4 is 15.4 Å². The summed E-state index contributed by atoms with van der Waals surface area (Å²) < 4.78 is 11.0. The fourth-order valence-corrected chi connectivity index (χ4v) is 2.32. The largest absolute Gasteiger partial charge is 0.496 e. The van der Waals surface area contributed by atoms with Crippen LogP contribution in [0.1, 0.15) is 38.7 Å². The van der Waals surface area contributed by atoms with Crippen LogP contribution in [0.4, 0.5) is 0 Å². The van der Waals surface area contributed by atoms with Crippen LogP contribution in [0.15, 0.2) is 29.3 Å². The Hall–Kier alpha value is -1.75. The molecule has 1 aromatic rings. The Balaban J connectivity index is 2.31. The molecule has 24 heavy (non-hydrogen) atoms. The summed E-state index contributed by atoms with van der Waals surface area (Å²) in [7, 11) is 3.49. The number of hydrogen-bond acceptors (Lipinski definition) is 3.